The highest BCUT2D eigenvalue weighted by Crippen LogP contribution is 2.16. The Morgan fingerprint density at radius 3 is 2.56 bits per heavy atom. The molecule has 16 heavy (non-hydrogen) atoms. The fourth-order valence-electron chi connectivity index (χ4n) is 1.02. The zero-order valence-electron chi connectivity index (χ0n) is 9.82. The standard InChI is InChI=1S/C12H16O3Si/c1-5-10-7-6-8-11(9-10)15-16-12(2,13-3)14-4/h5-9H,1H2,2-4H3. The summed E-state index contributed by atoms with van der Waals surface area (Å²) in [5.41, 5.74) is 0.336. The van der Waals surface area contributed by atoms with Crippen molar-refractivity contribution in [3.63, 3.8) is 0 Å². The van der Waals surface area contributed by atoms with Gasteiger partial charge in [0.2, 0.25) is 0 Å². The third-order valence-corrected chi connectivity index (χ3v) is 3.34. The molecule has 0 bridgehead atoms. The van der Waals surface area contributed by atoms with E-state index in [0.717, 1.165) is 11.3 Å². The van der Waals surface area contributed by atoms with E-state index in [0.29, 0.717) is 0 Å². The molecule has 4 heteroatoms. The number of rotatable bonds is 6. The first-order valence-electron chi connectivity index (χ1n) is 4.90. The van der Waals surface area contributed by atoms with E-state index in [2.05, 4.69) is 6.58 Å². The zero-order valence-corrected chi connectivity index (χ0v) is 10.8. The second kappa shape index (κ2) is 5.84. The summed E-state index contributed by atoms with van der Waals surface area (Å²) in [6, 6.07) is 7.71. The Labute approximate surface area is 99.0 Å². The lowest BCUT2D eigenvalue weighted by atomic mass is 10.2. The predicted octanol–water partition coefficient (Wildman–Crippen LogP) is 2.29. The van der Waals surface area contributed by atoms with Gasteiger partial charge in [0.1, 0.15) is 5.75 Å². The summed E-state index contributed by atoms with van der Waals surface area (Å²) in [6.07, 6.45) is 1.78. The second-order valence-electron chi connectivity index (χ2n) is 3.33. The van der Waals surface area contributed by atoms with Crippen molar-refractivity contribution < 1.29 is 13.9 Å². The maximum absolute atomic E-state index is 5.63. The van der Waals surface area contributed by atoms with Crippen molar-refractivity contribution in [2.75, 3.05) is 14.2 Å². The van der Waals surface area contributed by atoms with E-state index >= 15 is 0 Å². The van der Waals surface area contributed by atoms with Crippen LogP contribution in [0.4, 0.5) is 0 Å². The van der Waals surface area contributed by atoms with E-state index in [1.54, 1.807) is 20.3 Å². The number of hydrogen-bond acceptors (Lipinski definition) is 3. The molecule has 0 saturated heterocycles. The fraction of sp³-hybridized carbons (Fsp3) is 0.333. The molecule has 2 radical (unpaired) electrons. The van der Waals surface area contributed by atoms with Gasteiger partial charge in [-0.15, -0.1) is 0 Å². The van der Waals surface area contributed by atoms with Gasteiger partial charge >= 0.3 is 9.76 Å². The number of hydrogen-bond donors (Lipinski definition) is 0. The zero-order chi connectivity index (χ0) is 12.0. The monoisotopic (exact) mass is 236 g/mol. The molecule has 0 aliphatic heterocycles. The molecule has 0 spiro atoms. The molecule has 3 nitrogen and oxygen atoms in total. The molecule has 1 rings (SSSR count). The van der Waals surface area contributed by atoms with Gasteiger partial charge in [0.15, 0.2) is 5.41 Å². The van der Waals surface area contributed by atoms with Gasteiger partial charge < -0.3 is 13.9 Å². The first kappa shape index (κ1) is 13.0. The Morgan fingerprint density at radius 1 is 1.31 bits per heavy atom. The summed E-state index contributed by atoms with van der Waals surface area (Å²) in [5, 5.41) is 0. The number of ether oxygens (including phenoxy) is 2. The lowest BCUT2D eigenvalue weighted by Crippen LogP contribution is -2.40. The predicted molar refractivity (Wildman–Crippen MR) is 65.3 cm³/mol. The van der Waals surface area contributed by atoms with Crippen LogP contribution in [-0.2, 0) is 9.47 Å². The van der Waals surface area contributed by atoms with E-state index in [1.807, 2.05) is 31.2 Å². The van der Waals surface area contributed by atoms with Crippen LogP contribution < -0.4 is 4.43 Å². The van der Waals surface area contributed by atoms with Crippen LogP contribution in [0, 0.1) is 0 Å². The van der Waals surface area contributed by atoms with Gasteiger partial charge in [0.25, 0.3) is 0 Å². The normalized spacial score (nSPS) is 11.2. The molecule has 1 aromatic rings. The minimum absolute atomic E-state index is 0.0728. The minimum Gasteiger partial charge on any atom is -0.535 e. The van der Waals surface area contributed by atoms with Gasteiger partial charge in [-0.1, -0.05) is 24.8 Å². The first-order valence-corrected chi connectivity index (χ1v) is 5.81. The van der Waals surface area contributed by atoms with E-state index in [9.17, 15) is 0 Å². The quantitative estimate of drug-likeness (QED) is 0.560. The lowest BCUT2D eigenvalue weighted by Gasteiger charge is -2.24. The van der Waals surface area contributed by atoms with Crippen molar-refractivity contribution in [2.45, 2.75) is 12.3 Å². The van der Waals surface area contributed by atoms with E-state index in [4.69, 9.17) is 13.9 Å². The SMILES string of the molecule is C=Cc1cccc(O[Si]C(C)(OC)OC)c1. The van der Waals surface area contributed by atoms with Gasteiger partial charge in [0, 0.05) is 14.2 Å². The molecule has 0 saturated carbocycles. The minimum atomic E-state index is -0.690. The van der Waals surface area contributed by atoms with Crippen molar-refractivity contribution in [1.82, 2.24) is 0 Å². The smallest absolute Gasteiger partial charge is 0.381 e. The van der Waals surface area contributed by atoms with Gasteiger partial charge in [-0.3, -0.25) is 0 Å². The lowest BCUT2D eigenvalue weighted by molar-refractivity contribution is -0.135. The first-order chi connectivity index (χ1) is 7.63. The van der Waals surface area contributed by atoms with Crippen LogP contribution in [-0.4, -0.2) is 29.4 Å². The van der Waals surface area contributed by atoms with E-state index < -0.39 is 5.41 Å². The Kier molecular flexibility index (Phi) is 4.73. The van der Waals surface area contributed by atoms with Crippen molar-refractivity contribution in [3.05, 3.63) is 36.4 Å². The van der Waals surface area contributed by atoms with Crippen LogP contribution >= 0.6 is 0 Å². The Morgan fingerprint density at radius 2 is 2.00 bits per heavy atom. The maximum atomic E-state index is 5.63. The largest absolute Gasteiger partial charge is 0.535 e. The molecule has 0 heterocycles. The second-order valence-corrected chi connectivity index (χ2v) is 4.65. The van der Waals surface area contributed by atoms with Gasteiger partial charge in [-0.05, 0) is 24.6 Å². The Hall–Kier alpha value is -1.10. The molecular weight excluding hydrogens is 220 g/mol. The van der Waals surface area contributed by atoms with E-state index in [-0.39, 0.29) is 9.76 Å². The third kappa shape index (κ3) is 3.48. The van der Waals surface area contributed by atoms with Gasteiger partial charge in [0.05, 0.1) is 0 Å². The molecule has 0 aromatic heterocycles. The highest BCUT2D eigenvalue weighted by atomic mass is 28.2. The highest BCUT2D eigenvalue weighted by molar-refractivity contribution is 6.31. The highest BCUT2D eigenvalue weighted by Gasteiger charge is 2.27. The van der Waals surface area contributed by atoms with Crippen molar-refractivity contribution >= 4 is 15.8 Å². The molecule has 0 unspecified atom stereocenters. The molecule has 0 aliphatic rings. The summed E-state index contributed by atoms with van der Waals surface area (Å²) in [5.74, 6) is 0.788. The molecular formula is C12H16O3Si. The molecule has 86 valence electrons. The van der Waals surface area contributed by atoms with Crippen LogP contribution in [0.5, 0.6) is 5.75 Å². The third-order valence-electron chi connectivity index (χ3n) is 2.23. The van der Waals surface area contributed by atoms with Gasteiger partial charge in [-0.25, -0.2) is 0 Å². The van der Waals surface area contributed by atoms with Crippen LogP contribution in [0.1, 0.15) is 12.5 Å². The molecule has 0 amide bonds. The van der Waals surface area contributed by atoms with Crippen LogP contribution in [0.25, 0.3) is 6.08 Å². The molecule has 0 N–H and O–H groups in total. The molecule has 0 aliphatic carbocycles. The van der Waals surface area contributed by atoms with Crippen molar-refractivity contribution in [2.24, 2.45) is 0 Å². The molecule has 0 fully saturated rings. The van der Waals surface area contributed by atoms with Gasteiger partial charge in [-0.2, -0.15) is 0 Å². The van der Waals surface area contributed by atoms with Crippen molar-refractivity contribution in [3.8, 4) is 5.75 Å². The summed E-state index contributed by atoms with van der Waals surface area (Å²) in [6.45, 7) is 5.55. The van der Waals surface area contributed by atoms with Crippen LogP contribution in [0.15, 0.2) is 30.8 Å². The Balaban J connectivity index is 2.63. The van der Waals surface area contributed by atoms with Crippen molar-refractivity contribution in [1.29, 1.82) is 0 Å². The number of benzene rings is 1. The summed E-state index contributed by atoms with van der Waals surface area (Å²) in [7, 11) is 3.27. The maximum Gasteiger partial charge on any atom is 0.381 e. The summed E-state index contributed by atoms with van der Waals surface area (Å²) in [4.78, 5) is 0. The molecule has 1 aromatic carbocycles. The molecule has 0 atom stereocenters. The van der Waals surface area contributed by atoms with Crippen LogP contribution in [0.3, 0.4) is 0 Å². The average molecular weight is 236 g/mol. The Bertz CT molecular complexity index is 348. The summed E-state index contributed by atoms with van der Waals surface area (Å²) < 4.78 is 16.0. The topological polar surface area (TPSA) is 27.7 Å². The van der Waals surface area contributed by atoms with E-state index in [1.165, 1.54) is 0 Å². The average Bonchev–Trinajstić information content (AvgIpc) is 2.36. The number of methoxy groups -OCH3 is 2. The van der Waals surface area contributed by atoms with Crippen LogP contribution in [0.2, 0.25) is 0 Å². The summed E-state index contributed by atoms with van der Waals surface area (Å²) >= 11 is 0. The fourth-order valence-corrected chi connectivity index (χ4v) is 1.62.